The molecule has 0 saturated heterocycles. The van der Waals surface area contributed by atoms with Crippen LogP contribution in [-0.2, 0) is 6.42 Å². The van der Waals surface area contributed by atoms with Gasteiger partial charge in [-0.05, 0) is 58.0 Å². The third-order valence-corrected chi connectivity index (χ3v) is 4.72. The summed E-state index contributed by atoms with van der Waals surface area (Å²) in [6.07, 6.45) is -0.0932. The normalized spacial score (nSPS) is 10.6. The van der Waals surface area contributed by atoms with E-state index in [9.17, 15) is 23.7 Å². The van der Waals surface area contributed by atoms with E-state index < -0.39 is 22.5 Å². The molecule has 1 amide bonds. The second-order valence-corrected chi connectivity index (χ2v) is 7.32. The SMILES string of the molecule is NC(=O)c1c(Cc2ccc(I)cc2F)cc(F)cc1Oc1cccc([N+](=O)[O-])c1. The standard InChI is InChI=1S/C20H13F2IN2O4/c21-13-7-12(6-11-4-5-14(23)9-17(11)22)19(20(24)26)18(8-13)29-16-3-1-2-15(10-16)25(27)28/h1-5,7-10H,6H2,(H2,24,26). The minimum atomic E-state index is -0.897. The van der Waals surface area contributed by atoms with Crippen molar-refractivity contribution < 1.29 is 23.2 Å². The molecular formula is C20H13F2IN2O4. The number of rotatable bonds is 6. The molecule has 9 heteroatoms. The first-order valence-corrected chi connectivity index (χ1v) is 9.31. The molecule has 0 aromatic heterocycles. The summed E-state index contributed by atoms with van der Waals surface area (Å²) in [6.45, 7) is 0. The van der Waals surface area contributed by atoms with Crippen LogP contribution in [0.5, 0.6) is 11.5 Å². The van der Waals surface area contributed by atoms with Crippen LogP contribution in [0.1, 0.15) is 21.5 Å². The van der Waals surface area contributed by atoms with Gasteiger partial charge >= 0.3 is 0 Å². The van der Waals surface area contributed by atoms with Gasteiger partial charge < -0.3 is 10.5 Å². The summed E-state index contributed by atoms with van der Waals surface area (Å²) < 4.78 is 34.7. The van der Waals surface area contributed by atoms with Gasteiger partial charge in [0.25, 0.3) is 11.6 Å². The number of non-ortho nitro benzene ring substituents is 1. The third kappa shape index (κ3) is 4.86. The number of nitro groups is 1. The molecule has 148 valence electrons. The zero-order valence-electron chi connectivity index (χ0n) is 14.7. The van der Waals surface area contributed by atoms with Crippen LogP contribution >= 0.6 is 22.6 Å². The summed E-state index contributed by atoms with van der Waals surface area (Å²) in [5.74, 6) is -2.31. The molecule has 0 saturated carbocycles. The van der Waals surface area contributed by atoms with Crippen molar-refractivity contribution in [2.45, 2.75) is 6.42 Å². The second kappa shape index (κ2) is 8.52. The van der Waals surface area contributed by atoms with Crippen LogP contribution in [0.25, 0.3) is 0 Å². The molecule has 0 aliphatic rings. The minimum Gasteiger partial charge on any atom is -0.456 e. The number of carbonyl (C=O) groups is 1. The first-order valence-electron chi connectivity index (χ1n) is 8.23. The van der Waals surface area contributed by atoms with Crippen molar-refractivity contribution in [1.29, 1.82) is 0 Å². The summed E-state index contributed by atoms with van der Waals surface area (Å²) in [5, 5.41) is 10.9. The summed E-state index contributed by atoms with van der Waals surface area (Å²) in [6, 6.07) is 11.8. The summed E-state index contributed by atoms with van der Waals surface area (Å²) >= 11 is 1.96. The molecule has 6 nitrogen and oxygen atoms in total. The summed E-state index contributed by atoms with van der Waals surface area (Å²) in [5.41, 5.74) is 5.49. The molecule has 0 unspecified atom stereocenters. The molecule has 3 rings (SSSR count). The van der Waals surface area contributed by atoms with E-state index >= 15 is 0 Å². The fourth-order valence-electron chi connectivity index (χ4n) is 2.79. The quantitative estimate of drug-likeness (QED) is 0.288. The Hall–Kier alpha value is -3.08. The van der Waals surface area contributed by atoms with Crippen LogP contribution in [0.3, 0.4) is 0 Å². The molecule has 0 fully saturated rings. The predicted octanol–water partition coefficient (Wildman–Crippen LogP) is 4.96. The van der Waals surface area contributed by atoms with Crippen molar-refractivity contribution in [1.82, 2.24) is 0 Å². The Bertz CT molecular complexity index is 1120. The lowest BCUT2D eigenvalue weighted by Gasteiger charge is -2.14. The topological polar surface area (TPSA) is 95.5 Å². The number of halogens is 3. The van der Waals surface area contributed by atoms with Crippen LogP contribution in [-0.4, -0.2) is 10.8 Å². The van der Waals surface area contributed by atoms with Gasteiger partial charge in [0.05, 0.1) is 16.6 Å². The van der Waals surface area contributed by atoms with Crippen LogP contribution in [0.2, 0.25) is 0 Å². The lowest BCUT2D eigenvalue weighted by molar-refractivity contribution is -0.384. The maximum atomic E-state index is 14.2. The Morgan fingerprint density at radius 1 is 1.10 bits per heavy atom. The van der Waals surface area contributed by atoms with Crippen molar-refractivity contribution in [3.8, 4) is 11.5 Å². The highest BCUT2D eigenvalue weighted by Crippen LogP contribution is 2.32. The van der Waals surface area contributed by atoms with E-state index in [4.69, 9.17) is 10.5 Å². The largest absolute Gasteiger partial charge is 0.456 e. The van der Waals surface area contributed by atoms with E-state index in [0.717, 1.165) is 18.2 Å². The number of benzene rings is 3. The lowest BCUT2D eigenvalue weighted by Crippen LogP contribution is -2.16. The molecule has 0 radical (unpaired) electrons. The van der Waals surface area contributed by atoms with E-state index in [1.807, 2.05) is 22.6 Å². The van der Waals surface area contributed by atoms with E-state index in [1.165, 1.54) is 30.3 Å². The van der Waals surface area contributed by atoms with Gasteiger partial charge in [-0.15, -0.1) is 0 Å². The number of nitrogens with zero attached hydrogens (tertiary/aromatic N) is 1. The monoisotopic (exact) mass is 510 g/mol. The molecule has 3 aromatic carbocycles. The van der Waals surface area contributed by atoms with Gasteiger partial charge in [0.1, 0.15) is 23.1 Å². The molecule has 3 aromatic rings. The summed E-state index contributed by atoms with van der Waals surface area (Å²) in [7, 11) is 0. The maximum absolute atomic E-state index is 14.2. The highest BCUT2D eigenvalue weighted by molar-refractivity contribution is 14.1. The van der Waals surface area contributed by atoms with Gasteiger partial charge in [0.2, 0.25) is 0 Å². The number of primary amides is 1. The van der Waals surface area contributed by atoms with Gasteiger partial charge in [0, 0.05) is 22.1 Å². The Morgan fingerprint density at radius 2 is 1.86 bits per heavy atom. The highest BCUT2D eigenvalue weighted by Gasteiger charge is 2.20. The Kier molecular flexibility index (Phi) is 6.06. The van der Waals surface area contributed by atoms with Gasteiger partial charge in [0.15, 0.2) is 0 Å². The number of nitrogens with two attached hydrogens (primary N) is 1. The number of hydrogen-bond donors (Lipinski definition) is 1. The number of nitro benzene ring substituents is 1. The molecular weight excluding hydrogens is 497 g/mol. The van der Waals surface area contributed by atoms with Crippen LogP contribution in [0.4, 0.5) is 14.5 Å². The molecule has 0 bridgehead atoms. The smallest absolute Gasteiger partial charge is 0.273 e. The van der Waals surface area contributed by atoms with Crippen molar-refractivity contribution in [2.75, 3.05) is 0 Å². The predicted molar refractivity (Wildman–Crippen MR) is 110 cm³/mol. The van der Waals surface area contributed by atoms with Gasteiger partial charge in [-0.25, -0.2) is 8.78 Å². The molecule has 0 spiro atoms. The first kappa shape index (κ1) is 20.6. The van der Waals surface area contributed by atoms with Crippen LogP contribution in [0, 0.1) is 25.3 Å². The molecule has 2 N–H and O–H groups in total. The van der Waals surface area contributed by atoms with Crippen molar-refractivity contribution in [3.05, 3.63) is 96.6 Å². The van der Waals surface area contributed by atoms with E-state index in [-0.39, 0.29) is 40.3 Å². The van der Waals surface area contributed by atoms with E-state index in [1.54, 1.807) is 6.07 Å². The number of carbonyl (C=O) groups excluding carboxylic acids is 1. The summed E-state index contributed by atoms with van der Waals surface area (Å²) in [4.78, 5) is 22.4. The fraction of sp³-hybridized carbons (Fsp3) is 0.0500. The molecule has 0 atom stereocenters. The zero-order chi connectivity index (χ0) is 21.1. The fourth-order valence-corrected chi connectivity index (χ4v) is 3.25. The molecule has 0 aliphatic carbocycles. The third-order valence-electron chi connectivity index (χ3n) is 4.05. The van der Waals surface area contributed by atoms with E-state index in [2.05, 4.69) is 0 Å². The lowest BCUT2D eigenvalue weighted by atomic mass is 9.98. The Balaban J connectivity index is 2.05. The average Bonchev–Trinajstić information content (AvgIpc) is 2.63. The molecule has 0 heterocycles. The first-order chi connectivity index (χ1) is 13.7. The number of hydrogen-bond acceptors (Lipinski definition) is 4. The van der Waals surface area contributed by atoms with Gasteiger partial charge in [-0.3, -0.25) is 14.9 Å². The molecule has 29 heavy (non-hydrogen) atoms. The van der Waals surface area contributed by atoms with Crippen molar-refractivity contribution >= 4 is 34.2 Å². The van der Waals surface area contributed by atoms with Crippen molar-refractivity contribution in [3.63, 3.8) is 0 Å². The van der Waals surface area contributed by atoms with Gasteiger partial charge in [-0.2, -0.15) is 0 Å². The zero-order valence-corrected chi connectivity index (χ0v) is 16.9. The van der Waals surface area contributed by atoms with Crippen LogP contribution < -0.4 is 10.5 Å². The van der Waals surface area contributed by atoms with Gasteiger partial charge in [-0.1, -0.05) is 12.1 Å². The average molecular weight is 510 g/mol. The highest BCUT2D eigenvalue weighted by atomic mass is 127. The number of amides is 1. The second-order valence-electron chi connectivity index (χ2n) is 6.07. The number of ether oxygens (including phenoxy) is 1. The minimum absolute atomic E-state index is 0.0266. The van der Waals surface area contributed by atoms with Crippen molar-refractivity contribution in [2.24, 2.45) is 5.73 Å². The van der Waals surface area contributed by atoms with E-state index in [0.29, 0.717) is 3.57 Å². The van der Waals surface area contributed by atoms with Crippen LogP contribution in [0.15, 0.2) is 54.6 Å². The maximum Gasteiger partial charge on any atom is 0.273 e. The Labute approximate surface area is 177 Å². The Morgan fingerprint density at radius 3 is 2.52 bits per heavy atom. The molecule has 0 aliphatic heterocycles.